The third-order valence-electron chi connectivity index (χ3n) is 4.63. The van der Waals surface area contributed by atoms with Gasteiger partial charge in [0, 0.05) is 23.7 Å². The molecule has 7 nitrogen and oxygen atoms in total. The second-order valence-electron chi connectivity index (χ2n) is 7.01. The van der Waals surface area contributed by atoms with Crippen molar-refractivity contribution < 1.29 is 14.3 Å². The summed E-state index contributed by atoms with van der Waals surface area (Å²) in [5.74, 6) is 0.736. The zero-order valence-corrected chi connectivity index (χ0v) is 17.4. The first-order valence-electron chi connectivity index (χ1n) is 9.87. The number of carbonyl (C=O) groups excluding carboxylic acids is 2. The number of anilines is 1. The zero-order chi connectivity index (χ0) is 20.9. The molecule has 8 heteroatoms. The maximum atomic E-state index is 12.5. The van der Waals surface area contributed by atoms with Crippen molar-refractivity contribution in [1.29, 1.82) is 0 Å². The van der Waals surface area contributed by atoms with Gasteiger partial charge in [-0.3, -0.25) is 9.59 Å². The lowest BCUT2D eigenvalue weighted by Crippen LogP contribution is -2.23. The predicted molar refractivity (Wildman–Crippen MR) is 115 cm³/mol. The summed E-state index contributed by atoms with van der Waals surface area (Å²) in [6.45, 7) is 2.95. The number of nitrogens with one attached hydrogen (secondary N) is 2. The number of aromatic nitrogens is 2. The van der Waals surface area contributed by atoms with E-state index in [9.17, 15) is 9.59 Å². The predicted octanol–water partition coefficient (Wildman–Crippen LogP) is 4.00. The van der Waals surface area contributed by atoms with Crippen molar-refractivity contribution in [3.63, 3.8) is 0 Å². The van der Waals surface area contributed by atoms with Crippen LogP contribution >= 0.6 is 11.3 Å². The van der Waals surface area contributed by atoms with Gasteiger partial charge in [-0.05, 0) is 55.7 Å². The van der Waals surface area contributed by atoms with Gasteiger partial charge in [-0.2, -0.15) is 0 Å². The molecular formula is C22H22N4O3S. The van der Waals surface area contributed by atoms with Crippen molar-refractivity contribution >= 4 is 28.8 Å². The highest BCUT2D eigenvalue weighted by Gasteiger charge is 2.28. The Morgan fingerprint density at radius 1 is 1.10 bits per heavy atom. The average Bonchev–Trinajstić information content (AvgIpc) is 3.49. The molecular weight excluding hydrogens is 400 g/mol. The van der Waals surface area contributed by atoms with Gasteiger partial charge in [0.25, 0.3) is 11.8 Å². The van der Waals surface area contributed by atoms with Crippen LogP contribution in [0.4, 0.5) is 5.69 Å². The molecule has 1 aliphatic carbocycles. The van der Waals surface area contributed by atoms with Gasteiger partial charge in [-0.1, -0.05) is 29.5 Å². The SMILES string of the molecule is CCOc1ccc(CNC(=O)c2cccc(NC(=O)c3nnc(C4CC4)s3)c2)cc1. The van der Waals surface area contributed by atoms with E-state index in [1.54, 1.807) is 24.3 Å². The highest BCUT2D eigenvalue weighted by atomic mass is 32.1. The van der Waals surface area contributed by atoms with E-state index in [1.807, 2.05) is 31.2 Å². The lowest BCUT2D eigenvalue weighted by molar-refractivity contribution is 0.0949. The molecule has 0 unspecified atom stereocenters. The van der Waals surface area contributed by atoms with Crippen molar-refractivity contribution in [3.8, 4) is 5.75 Å². The Morgan fingerprint density at radius 2 is 1.90 bits per heavy atom. The number of benzene rings is 2. The smallest absolute Gasteiger partial charge is 0.286 e. The fraction of sp³-hybridized carbons (Fsp3) is 0.273. The number of amides is 2. The summed E-state index contributed by atoms with van der Waals surface area (Å²) in [4.78, 5) is 24.9. The van der Waals surface area contributed by atoms with Gasteiger partial charge in [0.05, 0.1) is 6.61 Å². The number of hydrogen-bond donors (Lipinski definition) is 2. The van der Waals surface area contributed by atoms with E-state index < -0.39 is 0 Å². The summed E-state index contributed by atoms with van der Waals surface area (Å²) in [6.07, 6.45) is 2.23. The van der Waals surface area contributed by atoms with E-state index in [4.69, 9.17) is 4.74 Å². The molecule has 1 fully saturated rings. The van der Waals surface area contributed by atoms with Crippen molar-refractivity contribution in [1.82, 2.24) is 15.5 Å². The molecule has 0 spiro atoms. The van der Waals surface area contributed by atoms with Crippen LogP contribution in [0.5, 0.6) is 5.75 Å². The van der Waals surface area contributed by atoms with E-state index in [2.05, 4.69) is 20.8 Å². The molecule has 1 saturated carbocycles. The van der Waals surface area contributed by atoms with E-state index in [-0.39, 0.29) is 11.8 Å². The summed E-state index contributed by atoms with van der Waals surface area (Å²) >= 11 is 1.33. The van der Waals surface area contributed by atoms with E-state index >= 15 is 0 Å². The normalized spacial score (nSPS) is 13.0. The summed E-state index contributed by atoms with van der Waals surface area (Å²) in [5, 5.41) is 15.0. The summed E-state index contributed by atoms with van der Waals surface area (Å²) in [7, 11) is 0. The van der Waals surface area contributed by atoms with E-state index in [0.29, 0.717) is 35.3 Å². The molecule has 2 aromatic carbocycles. The summed E-state index contributed by atoms with van der Waals surface area (Å²) < 4.78 is 5.42. The molecule has 0 radical (unpaired) electrons. The monoisotopic (exact) mass is 422 g/mol. The van der Waals surface area contributed by atoms with Crippen LogP contribution in [0.1, 0.15) is 56.4 Å². The molecule has 4 rings (SSSR count). The fourth-order valence-corrected chi connectivity index (χ4v) is 3.81. The Bertz CT molecular complexity index is 1040. The van der Waals surface area contributed by atoms with Crippen molar-refractivity contribution in [2.75, 3.05) is 11.9 Å². The minimum atomic E-state index is -0.314. The first kappa shape index (κ1) is 20.0. The standard InChI is InChI=1S/C22H22N4O3S/c1-2-29-18-10-6-14(7-11-18)13-23-19(27)16-4-3-5-17(12-16)24-20(28)22-26-25-21(30-22)15-8-9-15/h3-7,10-12,15H,2,8-9,13H2,1H3,(H,23,27)(H,24,28). The molecule has 1 heterocycles. The third kappa shape index (κ3) is 5.01. The molecule has 0 aliphatic heterocycles. The van der Waals surface area contributed by atoms with Gasteiger partial charge in [-0.25, -0.2) is 0 Å². The molecule has 3 aromatic rings. The number of hydrogen-bond acceptors (Lipinski definition) is 6. The lowest BCUT2D eigenvalue weighted by atomic mass is 10.1. The quantitative estimate of drug-likeness (QED) is 0.572. The lowest BCUT2D eigenvalue weighted by Gasteiger charge is -2.09. The Kier molecular flexibility index (Phi) is 6.04. The number of ether oxygens (including phenoxy) is 1. The molecule has 1 aromatic heterocycles. The molecule has 0 atom stereocenters. The van der Waals surface area contributed by atoms with Crippen molar-refractivity contribution in [3.05, 3.63) is 69.7 Å². The molecule has 0 bridgehead atoms. The highest BCUT2D eigenvalue weighted by Crippen LogP contribution is 2.41. The molecule has 2 N–H and O–H groups in total. The van der Waals surface area contributed by atoms with Crippen LogP contribution in [0, 0.1) is 0 Å². The Balaban J connectivity index is 1.34. The van der Waals surface area contributed by atoms with E-state index in [0.717, 1.165) is 29.2 Å². The third-order valence-corrected chi connectivity index (χ3v) is 5.72. The average molecular weight is 423 g/mol. The Morgan fingerprint density at radius 3 is 2.63 bits per heavy atom. The summed E-state index contributed by atoms with van der Waals surface area (Å²) in [6, 6.07) is 14.4. The number of rotatable bonds is 8. The Labute approximate surface area is 178 Å². The molecule has 30 heavy (non-hydrogen) atoms. The highest BCUT2D eigenvalue weighted by molar-refractivity contribution is 7.13. The van der Waals surface area contributed by atoms with Crippen LogP contribution in [-0.4, -0.2) is 28.6 Å². The molecule has 1 aliphatic rings. The van der Waals surface area contributed by atoms with Gasteiger partial charge in [0.2, 0.25) is 5.01 Å². The maximum Gasteiger partial charge on any atom is 0.286 e. The van der Waals surface area contributed by atoms with Crippen LogP contribution < -0.4 is 15.4 Å². The first-order chi connectivity index (χ1) is 14.6. The van der Waals surface area contributed by atoms with Gasteiger partial charge in [0.15, 0.2) is 0 Å². The topological polar surface area (TPSA) is 93.2 Å². The summed E-state index contributed by atoms with van der Waals surface area (Å²) in [5.41, 5.74) is 1.98. The molecule has 2 amide bonds. The van der Waals surface area contributed by atoms with Crippen molar-refractivity contribution in [2.45, 2.75) is 32.2 Å². The van der Waals surface area contributed by atoms with Gasteiger partial charge in [0.1, 0.15) is 10.8 Å². The minimum Gasteiger partial charge on any atom is -0.494 e. The van der Waals surface area contributed by atoms with Gasteiger partial charge in [-0.15, -0.1) is 10.2 Å². The maximum absolute atomic E-state index is 12.5. The molecule has 0 saturated heterocycles. The second-order valence-corrected chi connectivity index (χ2v) is 8.02. The van der Waals surface area contributed by atoms with Gasteiger partial charge < -0.3 is 15.4 Å². The van der Waals surface area contributed by atoms with Crippen LogP contribution in [0.15, 0.2) is 48.5 Å². The minimum absolute atomic E-state index is 0.216. The zero-order valence-electron chi connectivity index (χ0n) is 16.6. The molecule has 154 valence electrons. The second kappa shape index (κ2) is 9.04. The Hall–Kier alpha value is -3.26. The largest absolute Gasteiger partial charge is 0.494 e. The van der Waals surface area contributed by atoms with Crippen LogP contribution in [-0.2, 0) is 6.54 Å². The fourth-order valence-electron chi connectivity index (χ4n) is 2.90. The van der Waals surface area contributed by atoms with Gasteiger partial charge >= 0.3 is 0 Å². The van der Waals surface area contributed by atoms with Crippen molar-refractivity contribution in [2.24, 2.45) is 0 Å². The van der Waals surface area contributed by atoms with Crippen LogP contribution in [0.3, 0.4) is 0 Å². The number of carbonyl (C=O) groups is 2. The van der Waals surface area contributed by atoms with Crippen LogP contribution in [0.25, 0.3) is 0 Å². The van der Waals surface area contributed by atoms with Crippen LogP contribution in [0.2, 0.25) is 0 Å². The number of nitrogens with zero attached hydrogens (tertiary/aromatic N) is 2. The first-order valence-corrected chi connectivity index (χ1v) is 10.7. The van der Waals surface area contributed by atoms with E-state index in [1.165, 1.54) is 11.3 Å².